The normalized spacial score (nSPS) is 29.6. The molecule has 0 spiro atoms. The van der Waals surface area contributed by atoms with Crippen molar-refractivity contribution >= 4 is 11.9 Å². The van der Waals surface area contributed by atoms with Gasteiger partial charge in [0.15, 0.2) is 0 Å². The zero-order valence-corrected chi connectivity index (χ0v) is 11.9. The maximum atomic E-state index is 12.4. The summed E-state index contributed by atoms with van der Waals surface area (Å²) in [7, 11) is 0. The van der Waals surface area contributed by atoms with Gasteiger partial charge in [0, 0.05) is 12.6 Å². The molecular formula is C15H24N2O3. The predicted octanol–water partition coefficient (Wildman–Crippen LogP) is 1.40. The van der Waals surface area contributed by atoms with Crippen LogP contribution in [0.3, 0.4) is 0 Å². The lowest BCUT2D eigenvalue weighted by Crippen LogP contribution is -2.59. The Bertz CT molecular complexity index is 383. The Morgan fingerprint density at radius 3 is 2.70 bits per heavy atom. The molecule has 0 radical (unpaired) electrons. The summed E-state index contributed by atoms with van der Waals surface area (Å²) in [4.78, 5) is 25.5. The number of nitrogens with one attached hydrogen (secondary N) is 1. The van der Waals surface area contributed by atoms with Gasteiger partial charge in [-0.05, 0) is 31.6 Å². The smallest absolute Gasteiger partial charge is 0.326 e. The average Bonchev–Trinajstić information content (AvgIpc) is 2.46. The zero-order chi connectivity index (χ0) is 14.5. The van der Waals surface area contributed by atoms with Gasteiger partial charge in [-0.3, -0.25) is 4.79 Å². The minimum Gasteiger partial charge on any atom is -0.480 e. The molecule has 1 aliphatic heterocycles. The van der Waals surface area contributed by atoms with E-state index in [0.717, 1.165) is 25.7 Å². The third kappa shape index (κ3) is 3.20. The number of fused-ring (bicyclic) bond motifs is 1. The molecule has 0 bridgehead atoms. The molecule has 3 unspecified atom stereocenters. The van der Waals surface area contributed by atoms with E-state index in [9.17, 15) is 14.7 Å². The Morgan fingerprint density at radius 2 is 2.00 bits per heavy atom. The van der Waals surface area contributed by atoms with Crippen LogP contribution in [0, 0.1) is 5.92 Å². The number of hydrogen-bond acceptors (Lipinski definition) is 3. The highest BCUT2D eigenvalue weighted by molar-refractivity contribution is 5.85. The first-order valence-electron chi connectivity index (χ1n) is 7.50. The van der Waals surface area contributed by atoms with Gasteiger partial charge in [-0.25, -0.2) is 4.79 Å². The Morgan fingerprint density at radius 1 is 1.25 bits per heavy atom. The molecule has 0 aromatic rings. The number of carbonyl (C=O) groups is 2. The van der Waals surface area contributed by atoms with Crippen molar-refractivity contribution in [2.45, 2.75) is 50.6 Å². The molecule has 20 heavy (non-hydrogen) atoms. The number of nitrogens with zero attached hydrogens (tertiary/aromatic N) is 1. The zero-order valence-electron chi connectivity index (χ0n) is 11.9. The number of carboxylic acids is 1. The topological polar surface area (TPSA) is 69.6 Å². The van der Waals surface area contributed by atoms with Crippen LogP contribution in [0.4, 0.5) is 0 Å². The van der Waals surface area contributed by atoms with Crippen LogP contribution in [0.25, 0.3) is 0 Å². The molecular weight excluding hydrogens is 256 g/mol. The van der Waals surface area contributed by atoms with Gasteiger partial charge >= 0.3 is 5.97 Å². The molecule has 1 aliphatic carbocycles. The third-order valence-electron chi connectivity index (χ3n) is 4.51. The third-order valence-corrected chi connectivity index (χ3v) is 4.51. The number of rotatable bonds is 5. The minimum absolute atomic E-state index is 0.0872. The SMILES string of the molecule is C=CCNCC(=O)N1C(C(=O)O)CCC2CCCCC21. The average molecular weight is 280 g/mol. The number of piperidine rings is 1. The van der Waals surface area contributed by atoms with Gasteiger partial charge < -0.3 is 15.3 Å². The molecule has 3 atom stereocenters. The molecule has 2 rings (SSSR count). The van der Waals surface area contributed by atoms with Crippen molar-refractivity contribution in [1.29, 1.82) is 0 Å². The Balaban J connectivity index is 2.09. The maximum absolute atomic E-state index is 12.4. The lowest BCUT2D eigenvalue weighted by atomic mass is 9.76. The summed E-state index contributed by atoms with van der Waals surface area (Å²) in [5.41, 5.74) is 0. The summed E-state index contributed by atoms with van der Waals surface area (Å²) in [5.74, 6) is -0.468. The highest BCUT2D eigenvalue weighted by Crippen LogP contribution is 2.37. The van der Waals surface area contributed by atoms with E-state index >= 15 is 0 Å². The highest BCUT2D eigenvalue weighted by Gasteiger charge is 2.43. The first-order chi connectivity index (χ1) is 9.65. The van der Waals surface area contributed by atoms with Gasteiger partial charge in [0.1, 0.15) is 6.04 Å². The van der Waals surface area contributed by atoms with Gasteiger partial charge in [0.25, 0.3) is 0 Å². The Hall–Kier alpha value is -1.36. The molecule has 5 nitrogen and oxygen atoms in total. The van der Waals surface area contributed by atoms with Crippen LogP contribution in [-0.4, -0.2) is 47.1 Å². The van der Waals surface area contributed by atoms with Crippen LogP contribution in [0.15, 0.2) is 12.7 Å². The molecule has 0 aromatic heterocycles. The van der Waals surface area contributed by atoms with Crippen molar-refractivity contribution in [3.05, 3.63) is 12.7 Å². The highest BCUT2D eigenvalue weighted by atomic mass is 16.4. The van der Waals surface area contributed by atoms with E-state index in [2.05, 4.69) is 11.9 Å². The Kier molecular flexibility index (Phi) is 5.17. The summed E-state index contributed by atoms with van der Waals surface area (Å²) < 4.78 is 0. The van der Waals surface area contributed by atoms with E-state index in [4.69, 9.17) is 0 Å². The largest absolute Gasteiger partial charge is 0.480 e. The van der Waals surface area contributed by atoms with Crippen LogP contribution < -0.4 is 5.32 Å². The molecule has 1 saturated carbocycles. The summed E-state index contributed by atoms with van der Waals surface area (Å²) in [6.07, 6.45) is 7.59. The summed E-state index contributed by atoms with van der Waals surface area (Å²) >= 11 is 0. The molecule has 112 valence electrons. The fourth-order valence-corrected chi connectivity index (χ4v) is 3.61. The molecule has 1 heterocycles. The van der Waals surface area contributed by atoms with Crippen LogP contribution >= 0.6 is 0 Å². The first-order valence-corrected chi connectivity index (χ1v) is 7.50. The van der Waals surface area contributed by atoms with Crippen molar-refractivity contribution in [2.75, 3.05) is 13.1 Å². The maximum Gasteiger partial charge on any atom is 0.326 e. The number of amides is 1. The van der Waals surface area contributed by atoms with Gasteiger partial charge in [-0.1, -0.05) is 18.9 Å². The van der Waals surface area contributed by atoms with Gasteiger partial charge in [-0.15, -0.1) is 6.58 Å². The lowest BCUT2D eigenvalue weighted by Gasteiger charge is -2.47. The van der Waals surface area contributed by atoms with E-state index in [1.165, 1.54) is 6.42 Å². The number of aliphatic carboxylic acids is 1. The van der Waals surface area contributed by atoms with Crippen LogP contribution in [-0.2, 0) is 9.59 Å². The first kappa shape index (κ1) is 15.0. The van der Waals surface area contributed by atoms with Crippen molar-refractivity contribution < 1.29 is 14.7 Å². The second-order valence-electron chi connectivity index (χ2n) is 5.76. The van der Waals surface area contributed by atoms with E-state index in [0.29, 0.717) is 18.9 Å². The molecule has 5 heteroatoms. The molecule has 0 aromatic carbocycles. The molecule has 2 aliphatic rings. The van der Waals surface area contributed by atoms with Gasteiger partial charge in [0.05, 0.1) is 6.54 Å². The predicted molar refractivity (Wildman–Crippen MR) is 76.3 cm³/mol. The fraction of sp³-hybridized carbons (Fsp3) is 0.733. The van der Waals surface area contributed by atoms with E-state index < -0.39 is 12.0 Å². The summed E-state index contributed by atoms with van der Waals surface area (Å²) in [6, 6.07) is -0.524. The number of carbonyl (C=O) groups excluding carboxylic acids is 1. The van der Waals surface area contributed by atoms with Crippen LogP contribution in [0.1, 0.15) is 38.5 Å². The second kappa shape index (κ2) is 6.88. The number of hydrogen-bond donors (Lipinski definition) is 2. The van der Waals surface area contributed by atoms with E-state index in [-0.39, 0.29) is 18.5 Å². The van der Waals surface area contributed by atoms with E-state index in [1.54, 1.807) is 11.0 Å². The van der Waals surface area contributed by atoms with Gasteiger partial charge in [-0.2, -0.15) is 0 Å². The molecule has 1 saturated heterocycles. The van der Waals surface area contributed by atoms with Crippen molar-refractivity contribution in [3.63, 3.8) is 0 Å². The van der Waals surface area contributed by atoms with E-state index in [1.807, 2.05) is 0 Å². The number of carboxylic acid groups (broad SMARTS) is 1. The summed E-state index contributed by atoms with van der Waals surface area (Å²) in [5, 5.41) is 12.4. The quantitative estimate of drug-likeness (QED) is 0.590. The Labute approximate surface area is 120 Å². The minimum atomic E-state index is -0.869. The summed E-state index contributed by atoms with van der Waals surface area (Å²) in [6.45, 7) is 4.35. The van der Waals surface area contributed by atoms with Crippen molar-refractivity contribution in [1.82, 2.24) is 10.2 Å². The lowest BCUT2D eigenvalue weighted by molar-refractivity contribution is -0.157. The standard InChI is InChI=1S/C15H24N2O3/c1-2-9-16-10-14(18)17-12-6-4-3-5-11(12)7-8-13(17)15(19)20/h2,11-13,16H,1,3-10H2,(H,19,20). The van der Waals surface area contributed by atoms with Gasteiger partial charge in [0.2, 0.25) is 5.91 Å². The fourth-order valence-electron chi connectivity index (χ4n) is 3.61. The monoisotopic (exact) mass is 280 g/mol. The molecule has 2 N–H and O–H groups in total. The van der Waals surface area contributed by atoms with Crippen molar-refractivity contribution in [3.8, 4) is 0 Å². The van der Waals surface area contributed by atoms with Crippen LogP contribution in [0.5, 0.6) is 0 Å². The van der Waals surface area contributed by atoms with Crippen molar-refractivity contribution in [2.24, 2.45) is 5.92 Å². The van der Waals surface area contributed by atoms with Crippen LogP contribution in [0.2, 0.25) is 0 Å². The second-order valence-corrected chi connectivity index (χ2v) is 5.76. The molecule has 1 amide bonds. The number of likely N-dealkylation sites (tertiary alicyclic amines) is 1. The molecule has 2 fully saturated rings.